The molecule has 2 aromatic carbocycles. The summed E-state index contributed by atoms with van der Waals surface area (Å²) in [5, 5.41) is 0.254. The summed E-state index contributed by atoms with van der Waals surface area (Å²) in [6.45, 7) is 2.26. The van der Waals surface area contributed by atoms with Gasteiger partial charge in [-0.1, -0.05) is 70.1 Å². The van der Waals surface area contributed by atoms with E-state index in [4.69, 9.17) is 0 Å². The van der Waals surface area contributed by atoms with Gasteiger partial charge in [0.25, 0.3) is 0 Å². The topological polar surface area (TPSA) is 0 Å². The van der Waals surface area contributed by atoms with Gasteiger partial charge in [0.05, 0.1) is 5.39 Å². The molecule has 164 valence electrons. The Balaban J connectivity index is 1.39. The molecule has 4 atom stereocenters. The van der Waals surface area contributed by atoms with E-state index in [1.807, 2.05) is 6.07 Å². The van der Waals surface area contributed by atoms with Crippen molar-refractivity contribution in [1.82, 2.24) is 0 Å². The molecule has 2 saturated carbocycles. The van der Waals surface area contributed by atoms with Crippen molar-refractivity contribution < 1.29 is 13.2 Å². The van der Waals surface area contributed by atoms with Crippen LogP contribution in [0.3, 0.4) is 0 Å². The zero-order chi connectivity index (χ0) is 21.1. The molecular weight excluding hydrogens is 381 g/mol. The Labute approximate surface area is 179 Å². The second-order valence-electron chi connectivity index (χ2n) is 9.84. The highest BCUT2D eigenvalue weighted by Crippen LogP contribution is 2.49. The lowest BCUT2D eigenvalue weighted by molar-refractivity contribution is 0.112. The zero-order valence-electron chi connectivity index (χ0n) is 18.2. The predicted octanol–water partition coefficient (Wildman–Crippen LogP) is 8.92. The maximum atomic E-state index is 15.2. The summed E-state index contributed by atoms with van der Waals surface area (Å²) in [6.07, 6.45) is 15.1. The van der Waals surface area contributed by atoms with E-state index in [9.17, 15) is 8.78 Å². The molecule has 2 fully saturated rings. The number of hydrogen-bond acceptors (Lipinski definition) is 0. The van der Waals surface area contributed by atoms with Crippen molar-refractivity contribution in [2.45, 2.75) is 89.9 Å². The van der Waals surface area contributed by atoms with Gasteiger partial charge in [-0.15, -0.1) is 0 Å². The lowest BCUT2D eigenvalue weighted by Crippen LogP contribution is -2.30. The van der Waals surface area contributed by atoms with E-state index in [2.05, 4.69) is 6.92 Å². The average molecular weight is 417 g/mol. The largest absolute Gasteiger partial charge is 0.206 e. The Morgan fingerprint density at radius 2 is 1.50 bits per heavy atom. The Morgan fingerprint density at radius 1 is 0.767 bits per heavy atom. The third kappa shape index (κ3) is 4.55. The maximum absolute atomic E-state index is 15.2. The van der Waals surface area contributed by atoms with Crippen molar-refractivity contribution >= 4 is 10.8 Å². The average Bonchev–Trinajstić information content (AvgIpc) is 2.76. The van der Waals surface area contributed by atoms with Crippen LogP contribution in [0.5, 0.6) is 0 Å². The molecule has 2 aliphatic rings. The summed E-state index contributed by atoms with van der Waals surface area (Å²) in [5.74, 6) is -0.146. The van der Waals surface area contributed by atoms with Crippen molar-refractivity contribution in [2.75, 3.05) is 0 Å². The second kappa shape index (κ2) is 9.75. The minimum absolute atomic E-state index is 0.129. The molecule has 0 nitrogen and oxygen atoms in total. The van der Waals surface area contributed by atoms with Gasteiger partial charge in [-0.3, -0.25) is 0 Å². The maximum Gasteiger partial charge on any atom is 0.169 e. The van der Waals surface area contributed by atoms with Crippen LogP contribution in [0.15, 0.2) is 24.3 Å². The number of halogens is 3. The van der Waals surface area contributed by atoms with Crippen LogP contribution in [-0.2, 0) is 0 Å². The fourth-order valence-electron chi connectivity index (χ4n) is 6.21. The van der Waals surface area contributed by atoms with Crippen LogP contribution in [0.1, 0.15) is 95.5 Å². The van der Waals surface area contributed by atoms with E-state index in [1.165, 1.54) is 63.9 Å². The molecule has 0 radical (unpaired) electrons. The standard InChI is InChI=1S/C27H35F3/c1-2-3-4-5-6-7-18-8-9-21-17-22(11-10-20(21)16-18)23-14-12-19-13-15-24(28)27(30)25(19)26(23)29/h12-15,18,20-22H,2-11,16-17H2,1H3. The van der Waals surface area contributed by atoms with Crippen molar-refractivity contribution in [3.05, 3.63) is 47.3 Å². The van der Waals surface area contributed by atoms with Crippen LogP contribution in [0, 0.1) is 35.2 Å². The highest BCUT2D eigenvalue weighted by molar-refractivity contribution is 5.84. The molecule has 4 unspecified atom stereocenters. The molecule has 0 amide bonds. The molecule has 0 aliphatic heterocycles. The third-order valence-corrected chi connectivity index (χ3v) is 7.92. The van der Waals surface area contributed by atoms with Crippen molar-refractivity contribution in [1.29, 1.82) is 0 Å². The van der Waals surface area contributed by atoms with Crippen LogP contribution in [-0.4, -0.2) is 0 Å². The molecule has 0 spiro atoms. The fourth-order valence-corrected chi connectivity index (χ4v) is 6.21. The first-order valence-corrected chi connectivity index (χ1v) is 12.1. The van der Waals surface area contributed by atoms with E-state index in [-0.39, 0.29) is 11.3 Å². The van der Waals surface area contributed by atoms with Crippen molar-refractivity contribution in [2.24, 2.45) is 17.8 Å². The molecule has 4 rings (SSSR count). The van der Waals surface area contributed by atoms with Crippen LogP contribution in [0.25, 0.3) is 10.8 Å². The summed E-state index contributed by atoms with van der Waals surface area (Å²) in [5.41, 5.74) is 0.587. The Bertz CT molecular complexity index is 859. The molecular formula is C27H35F3. The SMILES string of the molecule is CCCCCCCC1CCC2CC(c3ccc4ccc(F)c(F)c4c3F)CCC2C1. The van der Waals surface area contributed by atoms with Gasteiger partial charge in [0.2, 0.25) is 0 Å². The van der Waals surface area contributed by atoms with Gasteiger partial charge < -0.3 is 0 Å². The van der Waals surface area contributed by atoms with E-state index in [0.717, 1.165) is 37.2 Å². The Kier molecular flexibility index (Phi) is 7.05. The van der Waals surface area contributed by atoms with Crippen LogP contribution in [0.4, 0.5) is 13.2 Å². The minimum Gasteiger partial charge on any atom is -0.206 e. The number of unbranched alkanes of at least 4 members (excludes halogenated alkanes) is 4. The summed E-state index contributed by atoms with van der Waals surface area (Å²) >= 11 is 0. The highest BCUT2D eigenvalue weighted by Gasteiger charge is 2.36. The van der Waals surface area contributed by atoms with Crippen molar-refractivity contribution in [3.8, 4) is 0 Å². The monoisotopic (exact) mass is 416 g/mol. The number of fused-ring (bicyclic) bond motifs is 2. The van der Waals surface area contributed by atoms with E-state index >= 15 is 4.39 Å². The first-order chi connectivity index (χ1) is 14.6. The minimum atomic E-state index is -1.06. The zero-order valence-corrected chi connectivity index (χ0v) is 18.2. The molecule has 0 heterocycles. The molecule has 0 bridgehead atoms. The molecule has 0 saturated heterocycles. The Hall–Kier alpha value is -1.51. The van der Waals surface area contributed by atoms with Crippen LogP contribution < -0.4 is 0 Å². The normalized spacial score (nSPS) is 26.7. The number of rotatable bonds is 7. The fraction of sp³-hybridized carbons (Fsp3) is 0.630. The lowest BCUT2D eigenvalue weighted by atomic mass is 9.63. The quantitative estimate of drug-likeness (QED) is 0.395. The van der Waals surface area contributed by atoms with E-state index in [1.54, 1.807) is 6.07 Å². The van der Waals surface area contributed by atoms with Gasteiger partial charge in [0.15, 0.2) is 11.6 Å². The van der Waals surface area contributed by atoms with Gasteiger partial charge in [-0.25, -0.2) is 13.2 Å². The van der Waals surface area contributed by atoms with E-state index < -0.39 is 17.5 Å². The summed E-state index contributed by atoms with van der Waals surface area (Å²) in [6, 6.07) is 6.09. The predicted molar refractivity (Wildman–Crippen MR) is 118 cm³/mol. The first kappa shape index (κ1) is 21.7. The molecule has 0 aromatic heterocycles. The Morgan fingerprint density at radius 3 is 2.33 bits per heavy atom. The highest BCUT2D eigenvalue weighted by atomic mass is 19.2. The number of benzene rings is 2. The van der Waals surface area contributed by atoms with Gasteiger partial charge >= 0.3 is 0 Å². The summed E-state index contributed by atoms with van der Waals surface area (Å²) in [7, 11) is 0. The van der Waals surface area contributed by atoms with Gasteiger partial charge in [-0.2, -0.15) is 0 Å². The molecule has 0 N–H and O–H groups in total. The molecule has 2 aliphatic carbocycles. The van der Waals surface area contributed by atoms with E-state index in [0.29, 0.717) is 16.9 Å². The van der Waals surface area contributed by atoms with Gasteiger partial charge in [-0.05, 0) is 72.8 Å². The molecule has 2 aromatic rings. The smallest absolute Gasteiger partial charge is 0.169 e. The second-order valence-corrected chi connectivity index (χ2v) is 9.84. The molecule has 3 heteroatoms. The first-order valence-electron chi connectivity index (χ1n) is 12.1. The third-order valence-electron chi connectivity index (χ3n) is 7.92. The number of hydrogen-bond donors (Lipinski definition) is 0. The van der Waals surface area contributed by atoms with Gasteiger partial charge in [0, 0.05) is 0 Å². The summed E-state index contributed by atoms with van der Waals surface area (Å²) in [4.78, 5) is 0. The summed E-state index contributed by atoms with van der Waals surface area (Å²) < 4.78 is 43.1. The van der Waals surface area contributed by atoms with Gasteiger partial charge in [0.1, 0.15) is 5.82 Å². The van der Waals surface area contributed by atoms with Crippen LogP contribution >= 0.6 is 0 Å². The lowest BCUT2D eigenvalue weighted by Gasteiger charge is -2.42. The molecule has 30 heavy (non-hydrogen) atoms. The van der Waals surface area contributed by atoms with Crippen molar-refractivity contribution in [3.63, 3.8) is 0 Å². The van der Waals surface area contributed by atoms with Crippen LogP contribution in [0.2, 0.25) is 0 Å².